The number of aliphatic hydroxyl groups excluding tert-OH is 1. The van der Waals surface area contributed by atoms with Crippen molar-refractivity contribution in [3.8, 4) is 0 Å². The van der Waals surface area contributed by atoms with E-state index >= 15 is 0 Å². The lowest BCUT2D eigenvalue weighted by Gasteiger charge is -2.09. The Kier molecular flexibility index (Phi) is 5.48. The molecule has 1 heterocycles. The Morgan fingerprint density at radius 2 is 1.96 bits per heavy atom. The normalized spacial score (nSPS) is 12.2. The highest BCUT2D eigenvalue weighted by Crippen LogP contribution is 2.23. The van der Waals surface area contributed by atoms with E-state index in [-0.39, 0.29) is 5.97 Å². The molecule has 1 unspecified atom stereocenters. The molecule has 5 heteroatoms. The number of esters is 1. The van der Waals surface area contributed by atoms with Gasteiger partial charge in [0.05, 0.1) is 12.7 Å². The van der Waals surface area contributed by atoms with E-state index in [1.807, 2.05) is 42.5 Å². The molecule has 0 saturated heterocycles. The number of fused-ring (bicyclic) bond motifs is 1. The van der Waals surface area contributed by atoms with Crippen LogP contribution in [-0.2, 0) is 11.2 Å². The average Bonchev–Trinajstić information content (AvgIpc) is 3.09. The van der Waals surface area contributed by atoms with Crippen LogP contribution in [0.1, 0.15) is 27.8 Å². The van der Waals surface area contributed by atoms with Crippen LogP contribution in [0.2, 0.25) is 0 Å². The van der Waals surface area contributed by atoms with Gasteiger partial charge in [-0.25, -0.2) is 4.79 Å². The molecule has 130 valence electrons. The first-order chi connectivity index (χ1) is 12.2. The molecule has 2 aromatic carbocycles. The third kappa shape index (κ3) is 4.26. The molecule has 0 spiro atoms. The molecule has 0 bridgehead atoms. The lowest BCUT2D eigenvalue weighted by molar-refractivity contribution is 0.0600. The molecule has 0 radical (unpaired) electrons. The van der Waals surface area contributed by atoms with Crippen molar-refractivity contribution >= 4 is 16.9 Å². The summed E-state index contributed by atoms with van der Waals surface area (Å²) in [5.41, 5.74) is 2.43. The molecule has 2 N–H and O–H groups in total. The third-order valence-corrected chi connectivity index (χ3v) is 4.08. The SMILES string of the molecule is COC(=O)c1ccc(CCNCC(O)c2cc3ccccc3o2)cc1. The van der Waals surface area contributed by atoms with Gasteiger partial charge in [0, 0.05) is 11.9 Å². The number of para-hydroxylation sites is 1. The number of hydrogen-bond donors (Lipinski definition) is 2. The third-order valence-electron chi connectivity index (χ3n) is 4.08. The molecule has 0 amide bonds. The van der Waals surface area contributed by atoms with Gasteiger partial charge < -0.3 is 19.6 Å². The van der Waals surface area contributed by atoms with Gasteiger partial charge in [0.15, 0.2) is 0 Å². The predicted octanol–water partition coefficient (Wildman–Crippen LogP) is 3.09. The fraction of sp³-hybridized carbons (Fsp3) is 0.250. The van der Waals surface area contributed by atoms with E-state index in [1.165, 1.54) is 7.11 Å². The molecule has 0 fully saturated rings. The number of hydrogen-bond acceptors (Lipinski definition) is 5. The summed E-state index contributed by atoms with van der Waals surface area (Å²) in [5.74, 6) is 0.231. The quantitative estimate of drug-likeness (QED) is 0.511. The van der Waals surface area contributed by atoms with Gasteiger partial charge in [0.1, 0.15) is 17.4 Å². The van der Waals surface area contributed by atoms with Crippen LogP contribution in [0, 0.1) is 0 Å². The Morgan fingerprint density at radius 1 is 1.20 bits per heavy atom. The van der Waals surface area contributed by atoms with Crippen LogP contribution in [0.5, 0.6) is 0 Å². The zero-order chi connectivity index (χ0) is 17.6. The van der Waals surface area contributed by atoms with Crippen molar-refractivity contribution in [3.05, 3.63) is 71.5 Å². The lowest BCUT2D eigenvalue weighted by Crippen LogP contribution is -2.23. The first-order valence-corrected chi connectivity index (χ1v) is 8.22. The second-order valence-electron chi connectivity index (χ2n) is 5.85. The molecule has 0 saturated carbocycles. The maximum atomic E-state index is 11.4. The molecule has 1 aromatic heterocycles. The van der Waals surface area contributed by atoms with Gasteiger partial charge in [-0.05, 0) is 42.8 Å². The van der Waals surface area contributed by atoms with E-state index in [0.29, 0.717) is 17.9 Å². The number of carbonyl (C=O) groups is 1. The van der Waals surface area contributed by atoms with Crippen molar-refractivity contribution in [1.29, 1.82) is 0 Å². The maximum Gasteiger partial charge on any atom is 0.337 e. The number of aliphatic hydroxyl groups is 1. The second-order valence-corrected chi connectivity index (χ2v) is 5.85. The number of methoxy groups -OCH3 is 1. The first-order valence-electron chi connectivity index (χ1n) is 8.22. The molecule has 0 aliphatic carbocycles. The molecule has 3 rings (SSSR count). The van der Waals surface area contributed by atoms with E-state index in [4.69, 9.17) is 4.42 Å². The highest BCUT2D eigenvalue weighted by molar-refractivity contribution is 5.89. The summed E-state index contributed by atoms with van der Waals surface area (Å²) < 4.78 is 10.3. The second kappa shape index (κ2) is 7.96. The average molecular weight is 339 g/mol. The molecule has 1 atom stereocenters. The van der Waals surface area contributed by atoms with Crippen LogP contribution in [-0.4, -0.2) is 31.3 Å². The van der Waals surface area contributed by atoms with Gasteiger partial charge in [-0.2, -0.15) is 0 Å². The van der Waals surface area contributed by atoms with Crippen molar-refractivity contribution in [2.75, 3.05) is 20.2 Å². The first kappa shape index (κ1) is 17.2. The Balaban J connectivity index is 1.47. The Morgan fingerprint density at radius 3 is 2.68 bits per heavy atom. The van der Waals surface area contributed by atoms with Gasteiger partial charge in [0.25, 0.3) is 0 Å². The molecule has 0 aliphatic heterocycles. The van der Waals surface area contributed by atoms with Crippen LogP contribution in [0.25, 0.3) is 11.0 Å². The zero-order valence-corrected chi connectivity index (χ0v) is 14.1. The molecule has 5 nitrogen and oxygen atoms in total. The standard InChI is InChI=1S/C20H21NO4/c1-24-20(23)15-8-6-14(7-9-15)10-11-21-13-17(22)19-12-16-4-2-3-5-18(16)25-19/h2-9,12,17,21-22H,10-11,13H2,1H3. The van der Waals surface area contributed by atoms with Crippen molar-refractivity contribution in [1.82, 2.24) is 5.32 Å². The van der Waals surface area contributed by atoms with E-state index in [0.717, 1.165) is 29.5 Å². The van der Waals surface area contributed by atoms with E-state index < -0.39 is 6.10 Å². The van der Waals surface area contributed by atoms with Crippen LogP contribution in [0.15, 0.2) is 59.0 Å². The summed E-state index contributed by atoms with van der Waals surface area (Å²) >= 11 is 0. The summed E-state index contributed by atoms with van der Waals surface area (Å²) in [5, 5.41) is 14.4. The summed E-state index contributed by atoms with van der Waals surface area (Å²) in [6, 6.07) is 16.9. The maximum absolute atomic E-state index is 11.4. The van der Waals surface area contributed by atoms with Gasteiger partial charge in [-0.15, -0.1) is 0 Å². The lowest BCUT2D eigenvalue weighted by atomic mass is 10.1. The minimum Gasteiger partial charge on any atom is -0.465 e. The van der Waals surface area contributed by atoms with Crippen molar-refractivity contribution in [2.45, 2.75) is 12.5 Å². The minimum atomic E-state index is -0.686. The fourth-order valence-corrected chi connectivity index (χ4v) is 2.66. The topological polar surface area (TPSA) is 71.7 Å². The number of carbonyl (C=O) groups excluding carboxylic acids is 1. The van der Waals surface area contributed by atoms with Crippen molar-refractivity contribution < 1.29 is 19.1 Å². The molecule has 25 heavy (non-hydrogen) atoms. The van der Waals surface area contributed by atoms with Crippen LogP contribution >= 0.6 is 0 Å². The van der Waals surface area contributed by atoms with Crippen molar-refractivity contribution in [3.63, 3.8) is 0 Å². The summed E-state index contributed by atoms with van der Waals surface area (Å²) in [7, 11) is 1.37. The molecule has 3 aromatic rings. The number of benzene rings is 2. The molecular weight excluding hydrogens is 318 g/mol. The van der Waals surface area contributed by atoms with Crippen LogP contribution in [0.3, 0.4) is 0 Å². The molecular formula is C20H21NO4. The van der Waals surface area contributed by atoms with E-state index in [1.54, 1.807) is 12.1 Å². The smallest absolute Gasteiger partial charge is 0.337 e. The Labute approximate surface area is 146 Å². The summed E-state index contributed by atoms with van der Waals surface area (Å²) in [6.45, 7) is 1.13. The van der Waals surface area contributed by atoms with E-state index in [2.05, 4.69) is 10.1 Å². The van der Waals surface area contributed by atoms with Gasteiger partial charge in [0.2, 0.25) is 0 Å². The fourth-order valence-electron chi connectivity index (χ4n) is 2.66. The Bertz CT molecular complexity index is 805. The van der Waals surface area contributed by atoms with Gasteiger partial charge in [-0.3, -0.25) is 0 Å². The van der Waals surface area contributed by atoms with Crippen LogP contribution < -0.4 is 5.32 Å². The monoisotopic (exact) mass is 339 g/mol. The van der Waals surface area contributed by atoms with Gasteiger partial charge in [-0.1, -0.05) is 30.3 Å². The van der Waals surface area contributed by atoms with Crippen LogP contribution in [0.4, 0.5) is 0 Å². The number of nitrogens with one attached hydrogen (secondary N) is 1. The number of ether oxygens (including phenoxy) is 1. The Hall–Kier alpha value is -2.63. The van der Waals surface area contributed by atoms with E-state index in [9.17, 15) is 9.90 Å². The number of furan rings is 1. The highest BCUT2D eigenvalue weighted by Gasteiger charge is 2.12. The largest absolute Gasteiger partial charge is 0.465 e. The van der Waals surface area contributed by atoms with Crippen molar-refractivity contribution in [2.24, 2.45) is 0 Å². The number of rotatable bonds is 7. The van der Waals surface area contributed by atoms with Gasteiger partial charge >= 0.3 is 5.97 Å². The summed E-state index contributed by atoms with van der Waals surface area (Å²) in [4.78, 5) is 11.4. The predicted molar refractivity (Wildman–Crippen MR) is 95.5 cm³/mol. The summed E-state index contributed by atoms with van der Waals surface area (Å²) in [6.07, 6.45) is 0.114. The minimum absolute atomic E-state index is 0.335. The molecule has 0 aliphatic rings. The highest BCUT2D eigenvalue weighted by atomic mass is 16.5. The zero-order valence-electron chi connectivity index (χ0n) is 14.1.